The van der Waals surface area contributed by atoms with Gasteiger partial charge in [0, 0.05) is 5.02 Å². The van der Waals surface area contributed by atoms with Crippen molar-refractivity contribution in [3.63, 3.8) is 0 Å². The molecular formula is C25H32ClNO4. The predicted molar refractivity (Wildman–Crippen MR) is 123 cm³/mol. The van der Waals surface area contributed by atoms with Gasteiger partial charge in [0.2, 0.25) is 5.91 Å². The number of benzene rings is 2. The van der Waals surface area contributed by atoms with Crippen molar-refractivity contribution in [3.8, 4) is 5.75 Å². The molecule has 0 bridgehead atoms. The molecule has 31 heavy (non-hydrogen) atoms. The number of carbonyl (C=O) groups is 1. The van der Waals surface area contributed by atoms with Gasteiger partial charge in [0.25, 0.3) is 0 Å². The van der Waals surface area contributed by atoms with Crippen molar-refractivity contribution < 1.29 is 19.7 Å². The summed E-state index contributed by atoms with van der Waals surface area (Å²) in [5, 5.41) is 20.8. The van der Waals surface area contributed by atoms with Crippen molar-refractivity contribution in [1.29, 1.82) is 0 Å². The summed E-state index contributed by atoms with van der Waals surface area (Å²) < 4.78 is 5.27. The predicted octanol–water partition coefficient (Wildman–Crippen LogP) is 4.10. The molecule has 0 fully saturated rings. The lowest BCUT2D eigenvalue weighted by Gasteiger charge is -2.42. The summed E-state index contributed by atoms with van der Waals surface area (Å²) in [6, 6.07) is 11.0. The second kappa shape index (κ2) is 9.60. The molecule has 2 atom stereocenters. The van der Waals surface area contributed by atoms with Crippen LogP contribution in [-0.4, -0.2) is 46.4 Å². The van der Waals surface area contributed by atoms with Crippen LogP contribution in [0.3, 0.4) is 0 Å². The fourth-order valence-electron chi connectivity index (χ4n) is 4.41. The van der Waals surface area contributed by atoms with Gasteiger partial charge in [0.15, 0.2) is 0 Å². The summed E-state index contributed by atoms with van der Waals surface area (Å²) >= 11 is 6.32. The number of hydrogen-bond acceptors (Lipinski definition) is 4. The Bertz CT molecular complexity index is 938. The minimum atomic E-state index is -0.739. The van der Waals surface area contributed by atoms with Gasteiger partial charge in [0.05, 0.1) is 37.8 Å². The van der Waals surface area contributed by atoms with Gasteiger partial charge in [-0.25, -0.2) is 0 Å². The highest BCUT2D eigenvalue weighted by Crippen LogP contribution is 2.36. The molecule has 1 amide bonds. The van der Waals surface area contributed by atoms with Gasteiger partial charge >= 0.3 is 0 Å². The van der Waals surface area contributed by atoms with Crippen molar-refractivity contribution >= 4 is 17.5 Å². The molecule has 1 heterocycles. The molecule has 1 aliphatic heterocycles. The van der Waals surface area contributed by atoms with E-state index >= 15 is 0 Å². The monoisotopic (exact) mass is 445 g/mol. The van der Waals surface area contributed by atoms with Gasteiger partial charge < -0.3 is 19.8 Å². The van der Waals surface area contributed by atoms with Crippen molar-refractivity contribution in [3.05, 3.63) is 63.7 Å². The van der Waals surface area contributed by atoms with E-state index in [4.69, 9.17) is 16.3 Å². The van der Waals surface area contributed by atoms with E-state index in [1.165, 1.54) is 11.1 Å². The lowest BCUT2D eigenvalue weighted by Crippen LogP contribution is -2.49. The maximum atomic E-state index is 13.3. The van der Waals surface area contributed by atoms with Crippen molar-refractivity contribution in [2.75, 3.05) is 13.7 Å². The van der Waals surface area contributed by atoms with Gasteiger partial charge in [-0.2, -0.15) is 0 Å². The molecule has 2 aromatic carbocycles. The first-order valence-electron chi connectivity index (χ1n) is 10.7. The minimum Gasteiger partial charge on any atom is -0.497 e. The highest BCUT2D eigenvalue weighted by atomic mass is 35.5. The van der Waals surface area contributed by atoms with Gasteiger partial charge in [-0.1, -0.05) is 29.8 Å². The number of aliphatic hydroxyl groups excluding tert-OH is 1. The average molecular weight is 446 g/mol. The van der Waals surface area contributed by atoms with Crippen LogP contribution in [0.1, 0.15) is 55.5 Å². The topological polar surface area (TPSA) is 70.0 Å². The van der Waals surface area contributed by atoms with Gasteiger partial charge in [-0.3, -0.25) is 4.79 Å². The Kier molecular flexibility index (Phi) is 7.30. The van der Waals surface area contributed by atoms with Crippen LogP contribution in [0.15, 0.2) is 36.4 Å². The van der Waals surface area contributed by atoms with Crippen LogP contribution in [0.25, 0.3) is 0 Å². The number of ether oxygens (including phenoxy) is 1. The molecule has 0 spiro atoms. The molecule has 0 radical (unpaired) electrons. The third kappa shape index (κ3) is 5.40. The average Bonchev–Trinajstić information content (AvgIpc) is 2.72. The molecule has 2 aromatic rings. The Morgan fingerprint density at radius 3 is 2.65 bits per heavy atom. The smallest absolute Gasteiger partial charge is 0.227 e. The SMILES string of the molecule is COc1ccc(Cl)c(CC(=O)N2[C@@H](CO)Cc3c(CCC(C)(C)O)cccc3[C@@H]2C)c1. The Morgan fingerprint density at radius 2 is 2.00 bits per heavy atom. The molecule has 0 unspecified atom stereocenters. The maximum absolute atomic E-state index is 13.3. The molecule has 6 heteroatoms. The molecule has 0 saturated carbocycles. The van der Waals surface area contributed by atoms with E-state index in [-0.39, 0.29) is 31.0 Å². The Morgan fingerprint density at radius 1 is 1.26 bits per heavy atom. The molecular weight excluding hydrogens is 414 g/mol. The standard InChI is InChI=1S/C25H32ClNO4/c1-16-21-7-5-6-17(10-11-25(2,3)30)22(21)14-19(15-28)27(16)24(29)13-18-12-20(31-4)8-9-23(18)26/h5-9,12,16,19,28,30H,10-11,13-15H2,1-4H3/t16-,19+/m0/s1. The van der Waals surface area contributed by atoms with Gasteiger partial charge in [0.1, 0.15) is 5.75 Å². The normalized spacial score (nSPS) is 18.6. The van der Waals surface area contributed by atoms with E-state index in [2.05, 4.69) is 12.1 Å². The van der Waals surface area contributed by atoms with E-state index in [1.54, 1.807) is 30.2 Å². The van der Waals surface area contributed by atoms with Crippen molar-refractivity contribution in [1.82, 2.24) is 4.90 Å². The number of aryl methyl sites for hydroxylation is 1. The number of methoxy groups -OCH3 is 1. The number of carbonyl (C=O) groups excluding carboxylic acids is 1. The van der Waals surface area contributed by atoms with E-state index in [1.807, 2.05) is 26.8 Å². The maximum Gasteiger partial charge on any atom is 0.227 e. The number of hydrogen-bond donors (Lipinski definition) is 2. The van der Waals surface area contributed by atoms with Gasteiger partial charge in [-0.05, 0) is 80.5 Å². The van der Waals surface area contributed by atoms with E-state index in [0.717, 1.165) is 12.0 Å². The van der Waals surface area contributed by atoms with Crippen LogP contribution < -0.4 is 4.74 Å². The summed E-state index contributed by atoms with van der Waals surface area (Å²) in [5.41, 5.74) is 3.43. The molecule has 0 aromatic heterocycles. The first-order valence-corrected chi connectivity index (χ1v) is 11.1. The number of fused-ring (bicyclic) bond motifs is 1. The first-order chi connectivity index (χ1) is 14.6. The molecule has 0 saturated heterocycles. The Labute approximate surface area is 189 Å². The summed E-state index contributed by atoms with van der Waals surface area (Å²) in [4.78, 5) is 15.1. The molecule has 0 aliphatic carbocycles. The number of nitrogens with zero attached hydrogens (tertiary/aromatic N) is 1. The number of rotatable bonds is 7. The van der Waals surface area contributed by atoms with Crippen LogP contribution in [-0.2, 0) is 24.1 Å². The summed E-state index contributed by atoms with van der Waals surface area (Å²) in [6.07, 6.45) is 2.14. The van der Waals surface area contributed by atoms with E-state index in [0.29, 0.717) is 29.2 Å². The second-order valence-electron chi connectivity index (χ2n) is 8.95. The van der Waals surface area contributed by atoms with Crippen molar-refractivity contribution in [2.45, 2.75) is 64.1 Å². The highest BCUT2D eigenvalue weighted by molar-refractivity contribution is 6.31. The zero-order chi connectivity index (χ0) is 22.8. The second-order valence-corrected chi connectivity index (χ2v) is 9.36. The fraction of sp³-hybridized carbons (Fsp3) is 0.480. The quantitative estimate of drug-likeness (QED) is 0.673. The van der Waals surface area contributed by atoms with Crippen LogP contribution >= 0.6 is 11.6 Å². The summed E-state index contributed by atoms with van der Waals surface area (Å²) in [6.45, 7) is 5.52. The van der Waals surface area contributed by atoms with Crippen LogP contribution in [0.2, 0.25) is 5.02 Å². The van der Waals surface area contributed by atoms with Crippen LogP contribution in [0.5, 0.6) is 5.75 Å². The molecule has 1 aliphatic rings. The Balaban J connectivity index is 1.88. The van der Waals surface area contributed by atoms with E-state index in [9.17, 15) is 15.0 Å². The number of halogens is 1. The molecule has 168 valence electrons. The highest BCUT2D eigenvalue weighted by Gasteiger charge is 2.35. The third-order valence-electron chi connectivity index (χ3n) is 6.11. The van der Waals surface area contributed by atoms with Crippen LogP contribution in [0, 0.1) is 0 Å². The summed E-state index contributed by atoms with van der Waals surface area (Å²) in [7, 11) is 1.58. The van der Waals surface area contributed by atoms with E-state index < -0.39 is 5.60 Å². The lowest BCUT2D eigenvalue weighted by atomic mass is 9.83. The number of amides is 1. The first kappa shape index (κ1) is 23.6. The third-order valence-corrected chi connectivity index (χ3v) is 6.48. The summed E-state index contributed by atoms with van der Waals surface area (Å²) in [5.74, 6) is 0.577. The molecule has 5 nitrogen and oxygen atoms in total. The van der Waals surface area contributed by atoms with Crippen molar-refractivity contribution in [2.24, 2.45) is 0 Å². The zero-order valence-corrected chi connectivity index (χ0v) is 19.4. The number of aliphatic hydroxyl groups is 2. The zero-order valence-electron chi connectivity index (χ0n) is 18.7. The molecule has 2 N–H and O–H groups in total. The van der Waals surface area contributed by atoms with Crippen LogP contribution in [0.4, 0.5) is 0 Å². The minimum absolute atomic E-state index is 0.0748. The fourth-order valence-corrected chi connectivity index (χ4v) is 4.59. The largest absolute Gasteiger partial charge is 0.497 e. The Hall–Kier alpha value is -2.08. The van der Waals surface area contributed by atoms with Gasteiger partial charge in [-0.15, -0.1) is 0 Å². The lowest BCUT2D eigenvalue weighted by molar-refractivity contribution is -0.137. The molecule has 3 rings (SSSR count).